The maximum Gasteiger partial charge on any atom is 0.0834 e. The predicted molar refractivity (Wildman–Crippen MR) is 77.0 cm³/mol. The number of hydrogen-bond donors (Lipinski definition) is 1. The van der Waals surface area contributed by atoms with Crippen molar-refractivity contribution < 1.29 is 0 Å². The first-order valence-corrected chi connectivity index (χ1v) is 6.80. The molecule has 0 bridgehead atoms. The lowest BCUT2D eigenvalue weighted by atomic mass is 10.0. The fraction of sp³-hybridized carbons (Fsp3) is 0.467. The van der Waals surface area contributed by atoms with Crippen LogP contribution < -0.4 is 5.73 Å². The second kappa shape index (κ2) is 5.97. The summed E-state index contributed by atoms with van der Waals surface area (Å²) in [6, 6.07) is 6.16. The fourth-order valence-electron chi connectivity index (χ4n) is 2.23. The van der Waals surface area contributed by atoms with Gasteiger partial charge in [-0.15, -0.1) is 0 Å². The first-order chi connectivity index (χ1) is 9.11. The van der Waals surface area contributed by atoms with Crippen molar-refractivity contribution in [3.63, 3.8) is 0 Å². The Labute approximate surface area is 114 Å². The molecule has 0 aliphatic heterocycles. The highest BCUT2D eigenvalue weighted by molar-refractivity contribution is 5.26. The van der Waals surface area contributed by atoms with Crippen LogP contribution in [0.3, 0.4) is 0 Å². The summed E-state index contributed by atoms with van der Waals surface area (Å²) in [7, 11) is 0. The number of nitrogens with two attached hydrogens (primary N) is 1. The van der Waals surface area contributed by atoms with Crippen LogP contribution in [0.1, 0.15) is 36.0 Å². The molecule has 2 N–H and O–H groups in total. The van der Waals surface area contributed by atoms with E-state index in [4.69, 9.17) is 5.73 Å². The second-order valence-corrected chi connectivity index (χ2v) is 5.00. The van der Waals surface area contributed by atoms with E-state index in [-0.39, 0.29) is 6.04 Å². The van der Waals surface area contributed by atoms with Crippen LogP contribution in [0.5, 0.6) is 0 Å². The minimum atomic E-state index is 0.213. The summed E-state index contributed by atoms with van der Waals surface area (Å²) in [6.07, 6.45) is 3.70. The fourth-order valence-corrected chi connectivity index (χ4v) is 2.23. The molecular weight excluding hydrogens is 236 g/mol. The van der Waals surface area contributed by atoms with E-state index in [9.17, 15) is 0 Å². The van der Waals surface area contributed by atoms with Crippen LogP contribution in [-0.2, 0) is 13.0 Å². The molecule has 2 aromatic rings. The molecular formula is C15H22N4. The van der Waals surface area contributed by atoms with E-state index in [1.54, 1.807) is 0 Å². The third-order valence-corrected chi connectivity index (χ3v) is 3.56. The zero-order valence-electron chi connectivity index (χ0n) is 11.9. The predicted octanol–water partition coefficient (Wildman–Crippen LogP) is 2.22. The molecule has 0 aromatic carbocycles. The van der Waals surface area contributed by atoms with Gasteiger partial charge in [-0.1, -0.05) is 13.0 Å². The van der Waals surface area contributed by atoms with Crippen LogP contribution in [0.25, 0.3) is 0 Å². The summed E-state index contributed by atoms with van der Waals surface area (Å²) in [5.41, 5.74) is 10.6. The molecule has 0 saturated carbocycles. The van der Waals surface area contributed by atoms with Gasteiger partial charge in [0.05, 0.1) is 17.9 Å². The average Bonchev–Trinajstić information content (AvgIpc) is 2.67. The molecule has 0 saturated heterocycles. The van der Waals surface area contributed by atoms with Crippen molar-refractivity contribution in [2.24, 2.45) is 5.73 Å². The van der Waals surface area contributed by atoms with Gasteiger partial charge in [-0.05, 0) is 44.4 Å². The molecule has 1 atom stereocenters. The van der Waals surface area contributed by atoms with Gasteiger partial charge in [0, 0.05) is 17.9 Å². The number of nitrogens with zero attached hydrogens (tertiary/aromatic N) is 3. The van der Waals surface area contributed by atoms with E-state index >= 15 is 0 Å². The Bertz CT molecular complexity index is 531. The standard InChI is InChI=1S/C15H22N4/c1-4-13(16)9-15-11(2)18-19(12(15)3)10-14-7-5-6-8-17-14/h5-8,13H,4,9-10,16H2,1-3H3. The molecule has 2 heterocycles. The molecule has 0 spiro atoms. The number of aromatic nitrogens is 3. The van der Waals surface area contributed by atoms with Gasteiger partial charge in [0.2, 0.25) is 0 Å². The van der Waals surface area contributed by atoms with Gasteiger partial charge < -0.3 is 5.73 Å². The Hall–Kier alpha value is -1.68. The van der Waals surface area contributed by atoms with Crippen LogP contribution in [-0.4, -0.2) is 20.8 Å². The van der Waals surface area contributed by atoms with Gasteiger partial charge in [0.15, 0.2) is 0 Å². The lowest BCUT2D eigenvalue weighted by Crippen LogP contribution is -2.22. The van der Waals surface area contributed by atoms with Crippen LogP contribution in [0.2, 0.25) is 0 Å². The highest BCUT2D eigenvalue weighted by Crippen LogP contribution is 2.16. The van der Waals surface area contributed by atoms with Crippen molar-refractivity contribution in [1.82, 2.24) is 14.8 Å². The second-order valence-electron chi connectivity index (χ2n) is 5.00. The molecule has 102 valence electrons. The minimum Gasteiger partial charge on any atom is -0.327 e. The van der Waals surface area contributed by atoms with Crippen molar-refractivity contribution in [2.45, 2.75) is 46.2 Å². The summed E-state index contributed by atoms with van der Waals surface area (Å²) < 4.78 is 2.02. The van der Waals surface area contributed by atoms with Crippen LogP contribution in [0, 0.1) is 13.8 Å². The Morgan fingerprint density at radius 2 is 2.11 bits per heavy atom. The Morgan fingerprint density at radius 3 is 2.74 bits per heavy atom. The molecule has 0 aliphatic carbocycles. The number of hydrogen-bond acceptors (Lipinski definition) is 3. The highest BCUT2D eigenvalue weighted by atomic mass is 15.3. The van der Waals surface area contributed by atoms with E-state index in [0.29, 0.717) is 0 Å². The van der Waals surface area contributed by atoms with Crippen LogP contribution in [0.15, 0.2) is 24.4 Å². The average molecular weight is 258 g/mol. The zero-order valence-corrected chi connectivity index (χ0v) is 11.9. The van der Waals surface area contributed by atoms with Crippen molar-refractivity contribution in [2.75, 3.05) is 0 Å². The monoisotopic (exact) mass is 258 g/mol. The first-order valence-electron chi connectivity index (χ1n) is 6.80. The Morgan fingerprint density at radius 1 is 1.32 bits per heavy atom. The van der Waals surface area contributed by atoms with Gasteiger partial charge in [-0.25, -0.2) is 0 Å². The largest absolute Gasteiger partial charge is 0.327 e. The molecule has 0 fully saturated rings. The lowest BCUT2D eigenvalue weighted by molar-refractivity contribution is 0.632. The van der Waals surface area contributed by atoms with E-state index in [2.05, 4.69) is 30.9 Å². The number of pyridine rings is 1. The summed E-state index contributed by atoms with van der Waals surface area (Å²) in [4.78, 5) is 4.35. The smallest absolute Gasteiger partial charge is 0.0834 e. The summed E-state index contributed by atoms with van der Waals surface area (Å²) in [5.74, 6) is 0. The Kier molecular flexibility index (Phi) is 4.32. The SMILES string of the molecule is CCC(N)Cc1c(C)nn(Cc2ccccn2)c1C. The lowest BCUT2D eigenvalue weighted by Gasteiger charge is -2.09. The molecule has 19 heavy (non-hydrogen) atoms. The summed E-state index contributed by atoms with van der Waals surface area (Å²) in [5, 5.41) is 4.61. The van der Waals surface area contributed by atoms with Crippen molar-refractivity contribution in [3.05, 3.63) is 47.0 Å². The molecule has 2 aromatic heterocycles. The molecule has 4 nitrogen and oxygen atoms in total. The van der Waals surface area contributed by atoms with E-state index in [1.807, 2.05) is 29.1 Å². The molecule has 2 rings (SSSR count). The van der Waals surface area contributed by atoms with E-state index in [1.165, 1.54) is 11.3 Å². The quantitative estimate of drug-likeness (QED) is 0.894. The topological polar surface area (TPSA) is 56.7 Å². The summed E-state index contributed by atoms with van der Waals surface area (Å²) >= 11 is 0. The normalized spacial score (nSPS) is 12.6. The minimum absolute atomic E-state index is 0.213. The van der Waals surface area contributed by atoms with Crippen molar-refractivity contribution in [1.29, 1.82) is 0 Å². The van der Waals surface area contributed by atoms with Crippen LogP contribution in [0.4, 0.5) is 0 Å². The van der Waals surface area contributed by atoms with Crippen molar-refractivity contribution >= 4 is 0 Å². The van der Waals surface area contributed by atoms with Gasteiger partial charge in [0.25, 0.3) is 0 Å². The van der Waals surface area contributed by atoms with Crippen molar-refractivity contribution in [3.8, 4) is 0 Å². The Balaban J connectivity index is 2.21. The third-order valence-electron chi connectivity index (χ3n) is 3.56. The maximum absolute atomic E-state index is 6.06. The molecule has 1 unspecified atom stereocenters. The zero-order chi connectivity index (χ0) is 13.8. The maximum atomic E-state index is 6.06. The van der Waals surface area contributed by atoms with Gasteiger partial charge >= 0.3 is 0 Å². The highest BCUT2D eigenvalue weighted by Gasteiger charge is 2.14. The molecule has 4 heteroatoms. The molecule has 0 radical (unpaired) electrons. The molecule has 0 aliphatic rings. The first kappa shape index (κ1) is 13.7. The van der Waals surface area contributed by atoms with Gasteiger partial charge in [-0.2, -0.15) is 5.10 Å². The third kappa shape index (κ3) is 3.20. The number of rotatable bonds is 5. The van der Waals surface area contributed by atoms with Crippen LogP contribution >= 0.6 is 0 Å². The summed E-state index contributed by atoms with van der Waals surface area (Å²) in [6.45, 7) is 7.00. The van der Waals surface area contributed by atoms with Gasteiger partial charge in [0.1, 0.15) is 0 Å². The molecule has 0 amide bonds. The van der Waals surface area contributed by atoms with Gasteiger partial charge in [-0.3, -0.25) is 9.67 Å². The van der Waals surface area contributed by atoms with E-state index in [0.717, 1.165) is 30.8 Å². The van der Waals surface area contributed by atoms with E-state index < -0.39 is 0 Å². The number of aryl methyl sites for hydroxylation is 1.